The Balaban J connectivity index is 1.59. The van der Waals surface area contributed by atoms with Crippen LogP contribution in [0, 0.1) is 0 Å². The Labute approximate surface area is 158 Å². The van der Waals surface area contributed by atoms with Crippen molar-refractivity contribution in [2.45, 2.75) is 32.3 Å². The number of guanidine groups is 1. The topological polar surface area (TPSA) is 58.1 Å². The zero-order valence-corrected chi connectivity index (χ0v) is 16.2. The van der Waals surface area contributed by atoms with Crippen molar-refractivity contribution in [3.63, 3.8) is 0 Å². The van der Waals surface area contributed by atoms with Crippen LogP contribution in [-0.4, -0.2) is 65.1 Å². The number of rotatable bonds is 11. The fourth-order valence-corrected chi connectivity index (χ4v) is 2.83. The standard InChI is InChI=1S/C20H34N4O2/c1-3-21-20(23-13-8-15-26-19-11-16-25-17-19)22-12-7-14-24(2)18-9-5-4-6-10-18/h4-6,9-10,19H,3,7-8,11-17H2,1-2H3,(H2,21,22,23). The van der Waals surface area contributed by atoms with E-state index in [0.29, 0.717) is 6.10 Å². The van der Waals surface area contributed by atoms with E-state index in [0.717, 1.165) is 71.2 Å². The molecule has 1 unspecified atom stereocenters. The average Bonchev–Trinajstić information content (AvgIpc) is 3.18. The van der Waals surface area contributed by atoms with Crippen LogP contribution in [0.15, 0.2) is 35.3 Å². The lowest BCUT2D eigenvalue weighted by atomic mass is 10.3. The van der Waals surface area contributed by atoms with Crippen LogP contribution < -0.4 is 15.5 Å². The molecule has 6 nitrogen and oxygen atoms in total. The fourth-order valence-electron chi connectivity index (χ4n) is 2.83. The summed E-state index contributed by atoms with van der Waals surface area (Å²) in [6, 6.07) is 10.5. The maximum atomic E-state index is 5.78. The van der Waals surface area contributed by atoms with E-state index in [-0.39, 0.29) is 0 Å². The van der Waals surface area contributed by atoms with E-state index in [1.54, 1.807) is 0 Å². The molecule has 1 aromatic carbocycles. The Morgan fingerprint density at radius 3 is 2.85 bits per heavy atom. The molecule has 1 saturated heterocycles. The summed E-state index contributed by atoms with van der Waals surface area (Å²) in [6.07, 6.45) is 3.30. The Bertz CT molecular complexity index is 504. The largest absolute Gasteiger partial charge is 0.379 e. The molecule has 0 bridgehead atoms. The number of aliphatic imine (C=N–C) groups is 1. The van der Waals surface area contributed by atoms with E-state index in [4.69, 9.17) is 9.47 Å². The molecule has 1 aliphatic rings. The van der Waals surface area contributed by atoms with Gasteiger partial charge in [0.15, 0.2) is 5.96 Å². The molecule has 0 radical (unpaired) electrons. The van der Waals surface area contributed by atoms with Crippen LogP contribution in [0.3, 0.4) is 0 Å². The van der Waals surface area contributed by atoms with Crippen LogP contribution in [0.4, 0.5) is 5.69 Å². The number of anilines is 1. The SMILES string of the molecule is CCNC(=NCCCN(C)c1ccccc1)NCCCOC1CCOC1. The molecule has 26 heavy (non-hydrogen) atoms. The zero-order chi connectivity index (χ0) is 18.5. The van der Waals surface area contributed by atoms with Gasteiger partial charge in [0, 0.05) is 52.1 Å². The molecule has 0 aromatic heterocycles. The third kappa shape index (κ3) is 8.06. The van der Waals surface area contributed by atoms with Crippen LogP contribution >= 0.6 is 0 Å². The van der Waals surface area contributed by atoms with E-state index >= 15 is 0 Å². The third-order valence-electron chi connectivity index (χ3n) is 4.32. The summed E-state index contributed by atoms with van der Waals surface area (Å²) in [5.74, 6) is 0.888. The van der Waals surface area contributed by atoms with Crippen molar-refractivity contribution in [1.82, 2.24) is 10.6 Å². The van der Waals surface area contributed by atoms with Crippen LogP contribution in [-0.2, 0) is 9.47 Å². The second kappa shape index (κ2) is 12.5. The maximum Gasteiger partial charge on any atom is 0.191 e. The molecular weight excluding hydrogens is 328 g/mol. The van der Waals surface area contributed by atoms with E-state index in [1.807, 2.05) is 6.07 Å². The van der Waals surface area contributed by atoms with Gasteiger partial charge in [-0.3, -0.25) is 4.99 Å². The molecule has 1 fully saturated rings. The van der Waals surface area contributed by atoms with Crippen LogP contribution in [0.25, 0.3) is 0 Å². The Morgan fingerprint density at radius 1 is 1.27 bits per heavy atom. The summed E-state index contributed by atoms with van der Waals surface area (Å²) < 4.78 is 11.1. The predicted octanol–water partition coefficient (Wildman–Crippen LogP) is 2.26. The van der Waals surface area contributed by atoms with Gasteiger partial charge in [0.2, 0.25) is 0 Å². The lowest BCUT2D eigenvalue weighted by Gasteiger charge is -2.18. The zero-order valence-electron chi connectivity index (χ0n) is 16.2. The first kappa shape index (κ1) is 20.5. The van der Waals surface area contributed by atoms with Gasteiger partial charge in [0.05, 0.1) is 12.7 Å². The highest BCUT2D eigenvalue weighted by molar-refractivity contribution is 5.79. The highest BCUT2D eigenvalue weighted by Gasteiger charge is 2.15. The normalized spacial score (nSPS) is 17.3. The number of nitrogens with zero attached hydrogens (tertiary/aromatic N) is 2. The van der Waals surface area contributed by atoms with Crippen LogP contribution in [0.1, 0.15) is 26.2 Å². The van der Waals surface area contributed by atoms with E-state index in [9.17, 15) is 0 Å². The van der Waals surface area contributed by atoms with Crippen molar-refractivity contribution in [2.75, 3.05) is 57.9 Å². The number of ether oxygens (including phenoxy) is 2. The lowest BCUT2D eigenvalue weighted by molar-refractivity contribution is 0.0420. The first-order chi connectivity index (χ1) is 12.8. The predicted molar refractivity (Wildman–Crippen MR) is 108 cm³/mol. The molecule has 0 spiro atoms. The molecule has 0 saturated carbocycles. The van der Waals surface area contributed by atoms with Crippen molar-refractivity contribution in [3.8, 4) is 0 Å². The first-order valence-electron chi connectivity index (χ1n) is 9.77. The minimum atomic E-state index is 0.290. The minimum absolute atomic E-state index is 0.290. The van der Waals surface area contributed by atoms with Gasteiger partial charge in [-0.1, -0.05) is 18.2 Å². The monoisotopic (exact) mass is 362 g/mol. The molecule has 1 aromatic rings. The number of hydrogen-bond donors (Lipinski definition) is 2. The number of hydrogen-bond acceptors (Lipinski definition) is 4. The number of nitrogens with one attached hydrogen (secondary N) is 2. The summed E-state index contributed by atoms with van der Waals surface area (Å²) in [6.45, 7) is 7.96. The Kier molecular flexibility index (Phi) is 9.90. The van der Waals surface area contributed by atoms with Crippen molar-refractivity contribution >= 4 is 11.6 Å². The first-order valence-corrected chi connectivity index (χ1v) is 9.77. The highest BCUT2D eigenvalue weighted by atomic mass is 16.5. The van der Waals surface area contributed by atoms with Gasteiger partial charge in [0.25, 0.3) is 0 Å². The molecule has 146 valence electrons. The summed E-state index contributed by atoms with van der Waals surface area (Å²) in [5, 5.41) is 6.68. The smallest absolute Gasteiger partial charge is 0.191 e. The second-order valence-corrected chi connectivity index (χ2v) is 6.51. The number of para-hydroxylation sites is 1. The van der Waals surface area contributed by atoms with Gasteiger partial charge in [-0.05, 0) is 38.3 Å². The van der Waals surface area contributed by atoms with Crippen molar-refractivity contribution in [3.05, 3.63) is 30.3 Å². The van der Waals surface area contributed by atoms with Gasteiger partial charge in [-0.25, -0.2) is 0 Å². The van der Waals surface area contributed by atoms with E-state index in [2.05, 4.69) is 58.8 Å². The maximum absolute atomic E-state index is 5.78. The minimum Gasteiger partial charge on any atom is -0.379 e. The summed E-state index contributed by atoms with van der Waals surface area (Å²) >= 11 is 0. The molecule has 6 heteroatoms. The molecule has 1 heterocycles. The molecule has 1 aliphatic heterocycles. The molecule has 0 aliphatic carbocycles. The Morgan fingerprint density at radius 2 is 2.12 bits per heavy atom. The molecule has 2 N–H and O–H groups in total. The van der Waals surface area contributed by atoms with Gasteiger partial charge < -0.3 is 25.0 Å². The van der Waals surface area contributed by atoms with Gasteiger partial charge in [-0.15, -0.1) is 0 Å². The summed E-state index contributed by atoms with van der Waals surface area (Å²) in [4.78, 5) is 6.92. The van der Waals surface area contributed by atoms with Crippen molar-refractivity contribution in [2.24, 2.45) is 4.99 Å². The summed E-state index contributed by atoms with van der Waals surface area (Å²) in [7, 11) is 2.12. The second-order valence-electron chi connectivity index (χ2n) is 6.51. The van der Waals surface area contributed by atoms with Crippen molar-refractivity contribution < 1.29 is 9.47 Å². The molecular formula is C20H34N4O2. The van der Waals surface area contributed by atoms with Crippen LogP contribution in [0.2, 0.25) is 0 Å². The summed E-state index contributed by atoms with van der Waals surface area (Å²) in [5.41, 5.74) is 1.24. The quantitative estimate of drug-likeness (QED) is 0.359. The van der Waals surface area contributed by atoms with Crippen LogP contribution in [0.5, 0.6) is 0 Å². The Hall–Kier alpha value is -1.79. The average molecular weight is 363 g/mol. The van der Waals surface area contributed by atoms with Crippen molar-refractivity contribution in [1.29, 1.82) is 0 Å². The van der Waals surface area contributed by atoms with Gasteiger partial charge >= 0.3 is 0 Å². The highest BCUT2D eigenvalue weighted by Crippen LogP contribution is 2.11. The lowest BCUT2D eigenvalue weighted by Crippen LogP contribution is -2.38. The molecule has 2 rings (SSSR count). The molecule has 0 amide bonds. The third-order valence-corrected chi connectivity index (χ3v) is 4.32. The van der Waals surface area contributed by atoms with E-state index in [1.165, 1.54) is 5.69 Å². The molecule has 1 atom stereocenters. The van der Waals surface area contributed by atoms with Gasteiger partial charge in [0.1, 0.15) is 0 Å². The number of benzene rings is 1. The van der Waals surface area contributed by atoms with Gasteiger partial charge in [-0.2, -0.15) is 0 Å². The van der Waals surface area contributed by atoms with E-state index < -0.39 is 0 Å². The fraction of sp³-hybridized carbons (Fsp3) is 0.650.